The third-order valence-electron chi connectivity index (χ3n) is 2.88. The Balaban J connectivity index is 1.96. The van der Waals surface area contributed by atoms with E-state index in [-0.39, 0.29) is 6.61 Å². The minimum Gasteiger partial charge on any atom is -0.490 e. The smallest absolute Gasteiger partial charge is 0.179 e. The van der Waals surface area contributed by atoms with Crippen LogP contribution in [0.4, 0.5) is 0 Å². The van der Waals surface area contributed by atoms with Gasteiger partial charge in [0.2, 0.25) is 0 Å². The zero-order valence-electron chi connectivity index (χ0n) is 12.6. The van der Waals surface area contributed by atoms with Gasteiger partial charge in [-0.3, -0.25) is 4.79 Å². The number of carbonyl (C=O) groups is 1. The summed E-state index contributed by atoms with van der Waals surface area (Å²) in [6.07, 6.45) is 0.710. The van der Waals surface area contributed by atoms with Crippen molar-refractivity contribution >= 4 is 29.5 Å². The molecule has 6 heteroatoms. The second kappa shape index (κ2) is 8.65. The van der Waals surface area contributed by atoms with Crippen LogP contribution in [0.3, 0.4) is 0 Å². The maximum atomic E-state index is 10.9. The maximum absolute atomic E-state index is 10.9. The van der Waals surface area contributed by atoms with E-state index in [2.05, 4.69) is 0 Å². The largest absolute Gasteiger partial charge is 0.490 e. The van der Waals surface area contributed by atoms with Gasteiger partial charge in [-0.05, 0) is 43.3 Å². The molecule has 2 aromatic carbocycles. The minimum atomic E-state index is 0.281. The molecule has 0 N–H and O–H groups in total. The Morgan fingerprint density at radius 2 is 1.70 bits per heavy atom. The number of hydrogen-bond acceptors (Lipinski definition) is 4. The summed E-state index contributed by atoms with van der Waals surface area (Å²) < 4.78 is 16.7. The van der Waals surface area contributed by atoms with E-state index in [4.69, 9.17) is 37.4 Å². The second-order valence-electron chi connectivity index (χ2n) is 4.53. The summed E-state index contributed by atoms with van der Waals surface area (Å²) in [6, 6.07) is 10.2. The fourth-order valence-corrected chi connectivity index (χ4v) is 2.29. The van der Waals surface area contributed by atoms with Gasteiger partial charge in [-0.1, -0.05) is 23.2 Å². The van der Waals surface area contributed by atoms with Crippen molar-refractivity contribution in [2.24, 2.45) is 0 Å². The van der Waals surface area contributed by atoms with Gasteiger partial charge in [0.1, 0.15) is 25.2 Å². The summed E-state index contributed by atoms with van der Waals surface area (Å²) in [6.45, 7) is 2.90. The molecule has 0 radical (unpaired) electrons. The number of ether oxygens (including phenoxy) is 3. The van der Waals surface area contributed by atoms with Crippen molar-refractivity contribution in [2.75, 3.05) is 19.8 Å². The Labute approximate surface area is 144 Å². The Kier molecular flexibility index (Phi) is 6.56. The first-order valence-corrected chi connectivity index (χ1v) is 7.82. The lowest BCUT2D eigenvalue weighted by Gasteiger charge is -2.14. The normalized spacial score (nSPS) is 10.2. The lowest BCUT2D eigenvalue weighted by Crippen LogP contribution is -2.10. The molecule has 0 saturated carbocycles. The Bertz CT molecular complexity index is 656. The van der Waals surface area contributed by atoms with Crippen molar-refractivity contribution in [1.29, 1.82) is 0 Å². The fraction of sp³-hybridized carbons (Fsp3) is 0.235. The van der Waals surface area contributed by atoms with Crippen LogP contribution in [0.15, 0.2) is 36.4 Å². The van der Waals surface area contributed by atoms with Gasteiger partial charge in [0.25, 0.3) is 0 Å². The topological polar surface area (TPSA) is 44.8 Å². The van der Waals surface area contributed by atoms with Crippen LogP contribution in [0.1, 0.15) is 17.3 Å². The van der Waals surface area contributed by atoms with E-state index >= 15 is 0 Å². The first kappa shape index (κ1) is 17.4. The highest BCUT2D eigenvalue weighted by molar-refractivity contribution is 6.32. The van der Waals surface area contributed by atoms with Crippen molar-refractivity contribution in [3.05, 3.63) is 52.0 Å². The molecule has 0 aliphatic carbocycles. The van der Waals surface area contributed by atoms with Gasteiger partial charge in [-0.2, -0.15) is 0 Å². The number of rotatable bonds is 8. The molecule has 4 nitrogen and oxygen atoms in total. The van der Waals surface area contributed by atoms with Crippen LogP contribution in [-0.4, -0.2) is 26.1 Å². The number of hydrogen-bond donors (Lipinski definition) is 0. The molecule has 0 spiro atoms. The standard InChI is InChI=1S/C17H16Cl2O4/c1-2-21-16-10-12(11-20)9-15(19)17(16)23-8-7-22-14-5-3-13(18)4-6-14/h3-6,9-11H,2,7-8H2,1H3. The number of benzene rings is 2. The Hall–Kier alpha value is -1.91. The Morgan fingerprint density at radius 3 is 2.35 bits per heavy atom. The number of carbonyl (C=O) groups excluding carboxylic acids is 1. The van der Waals surface area contributed by atoms with E-state index in [0.717, 1.165) is 0 Å². The predicted octanol–water partition coefficient (Wildman–Crippen LogP) is 4.66. The summed E-state index contributed by atoms with van der Waals surface area (Å²) in [5.74, 6) is 1.54. The number of halogens is 2. The summed E-state index contributed by atoms with van der Waals surface area (Å²) in [5, 5.41) is 0.974. The molecule has 0 heterocycles. The Morgan fingerprint density at radius 1 is 1.00 bits per heavy atom. The summed E-state index contributed by atoms with van der Waals surface area (Å²) >= 11 is 12.0. The first-order valence-electron chi connectivity index (χ1n) is 7.06. The lowest BCUT2D eigenvalue weighted by atomic mass is 10.2. The molecule has 0 fully saturated rings. The van der Waals surface area contributed by atoms with E-state index in [1.54, 1.807) is 30.3 Å². The number of aldehydes is 1. The molecule has 0 aromatic heterocycles. The third-order valence-corrected chi connectivity index (χ3v) is 3.41. The van der Waals surface area contributed by atoms with Gasteiger partial charge in [-0.25, -0.2) is 0 Å². The highest BCUT2D eigenvalue weighted by atomic mass is 35.5. The van der Waals surface area contributed by atoms with Crippen molar-refractivity contribution in [3.63, 3.8) is 0 Å². The van der Waals surface area contributed by atoms with E-state index in [1.165, 1.54) is 6.07 Å². The van der Waals surface area contributed by atoms with E-state index in [9.17, 15) is 4.79 Å². The van der Waals surface area contributed by atoms with Crippen molar-refractivity contribution in [3.8, 4) is 17.2 Å². The van der Waals surface area contributed by atoms with Crippen LogP contribution >= 0.6 is 23.2 Å². The van der Waals surface area contributed by atoms with Crippen LogP contribution in [0.2, 0.25) is 10.0 Å². The summed E-state index contributed by atoms with van der Waals surface area (Å²) in [4.78, 5) is 10.9. The van der Waals surface area contributed by atoms with E-state index in [0.29, 0.717) is 52.4 Å². The molecular weight excluding hydrogens is 339 g/mol. The van der Waals surface area contributed by atoms with Gasteiger partial charge < -0.3 is 14.2 Å². The molecule has 0 unspecified atom stereocenters. The molecule has 0 saturated heterocycles. The molecule has 0 amide bonds. The molecule has 122 valence electrons. The third kappa shape index (κ3) is 5.05. The SMILES string of the molecule is CCOc1cc(C=O)cc(Cl)c1OCCOc1ccc(Cl)cc1. The quantitative estimate of drug-likeness (QED) is 0.510. The second-order valence-corrected chi connectivity index (χ2v) is 5.38. The maximum Gasteiger partial charge on any atom is 0.179 e. The van der Waals surface area contributed by atoms with Gasteiger partial charge in [-0.15, -0.1) is 0 Å². The molecule has 0 aliphatic rings. The van der Waals surface area contributed by atoms with Crippen molar-refractivity contribution < 1.29 is 19.0 Å². The first-order chi connectivity index (χ1) is 11.1. The molecular formula is C17H16Cl2O4. The molecule has 2 aromatic rings. The van der Waals surface area contributed by atoms with Gasteiger partial charge in [0, 0.05) is 10.6 Å². The van der Waals surface area contributed by atoms with E-state index < -0.39 is 0 Å². The average Bonchev–Trinajstić information content (AvgIpc) is 2.55. The fourth-order valence-electron chi connectivity index (χ4n) is 1.89. The lowest BCUT2D eigenvalue weighted by molar-refractivity contribution is 0.112. The molecule has 0 atom stereocenters. The van der Waals surface area contributed by atoms with Crippen LogP contribution in [-0.2, 0) is 0 Å². The highest BCUT2D eigenvalue weighted by Crippen LogP contribution is 2.36. The molecule has 0 bridgehead atoms. The summed E-state index contributed by atoms with van der Waals surface area (Å²) in [7, 11) is 0. The van der Waals surface area contributed by atoms with Crippen LogP contribution in [0.5, 0.6) is 17.2 Å². The average molecular weight is 355 g/mol. The monoisotopic (exact) mass is 354 g/mol. The van der Waals surface area contributed by atoms with Crippen LogP contribution < -0.4 is 14.2 Å². The van der Waals surface area contributed by atoms with Gasteiger partial charge >= 0.3 is 0 Å². The minimum absolute atomic E-state index is 0.281. The molecule has 23 heavy (non-hydrogen) atoms. The zero-order valence-corrected chi connectivity index (χ0v) is 14.1. The van der Waals surface area contributed by atoms with Crippen LogP contribution in [0, 0.1) is 0 Å². The van der Waals surface area contributed by atoms with Gasteiger partial charge in [0.05, 0.1) is 11.6 Å². The van der Waals surface area contributed by atoms with Crippen molar-refractivity contribution in [1.82, 2.24) is 0 Å². The van der Waals surface area contributed by atoms with Gasteiger partial charge in [0.15, 0.2) is 11.5 Å². The molecule has 2 rings (SSSR count). The van der Waals surface area contributed by atoms with Crippen LogP contribution in [0.25, 0.3) is 0 Å². The highest BCUT2D eigenvalue weighted by Gasteiger charge is 2.12. The molecule has 0 aliphatic heterocycles. The zero-order chi connectivity index (χ0) is 16.7. The van der Waals surface area contributed by atoms with E-state index in [1.807, 2.05) is 6.92 Å². The summed E-state index contributed by atoms with van der Waals surface area (Å²) in [5.41, 5.74) is 0.434. The van der Waals surface area contributed by atoms with Crippen molar-refractivity contribution in [2.45, 2.75) is 6.92 Å². The predicted molar refractivity (Wildman–Crippen MR) is 90.5 cm³/mol.